The smallest absolute Gasteiger partial charge is 0.254 e. The molecule has 0 spiro atoms. The maximum atomic E-state index is 12.0. The van der Waals surface area contributed by atoms with E-state index in [2.05, 4.69) is 15.3 Å². The first kappa shape index (κ1) is 13.0. The number of amides is 1. The molecule has 2 N–H and O–H groups in total. The van der Waals surface area contributed by atoms with Gasteiger partial charge in [-0.2, -0.15) is 0 Å². The Morgan fingerprint density at radius 3 is 2.53 bits per heavy atom. The van der Waals surface area contributed by atoms with E-state index in [0.717, 1.165) is 0 Å². The molecule has 2 aromatic rings. The van der Waals surface area contributed by atoms with Gasteiger partial charge in [-0.15, -0.1) is 0 Å². The van der Waals surface area contributed by atoms with Crippen LogP contribution in [0.25, 0.3) is 0 Å². The highest BCUT2D eigenvalue weighted by molar-refractivity contribution is 5.93. The van der Waals surface area contributed by atoms with E-state index < -0.39 is 0 Å². The van der Waals surface area contributed by atoms with E-state index in [1.807, 2.05) is 13.0 Å². The zero-order chi connectivity index (χ0) is 13.8. The standard InChI is InChI=1S/C14H15N3O2/c1-9(12-5-3-4-6-13(12)18)17-14(19)11-7-15-10(2)16-8-11/h3-9,18H,1-2H3,(H,17,19). The minimum Gasteiger partial charge on any atom is -0.508 e. The van der Waals surface area contributed by atoms with Crippen LogP contribution in [0.15, 0.2) is 36.7 Å². The third-order valence-corrected chi connectivity index (χ3v) is 2.79. The highest BCUT2D eigenvalue weighted by Gasteiger charge is 2.14. The number of aromatic hydroxyl groups is 1. The van der Waals surface area contributed by atoms with Crippen LogP contribution in [-0.4, -0.2) is 21.0 Å². The summed E-state index contributed by atoms with van der Waals surface area (Å²) in [5.41, 5.74) is 1.07. The number of benzene rings is 1. The summed E-state index contributed by atoms with van der Waals surface area (Å²) in [6.45, 7) is 3.56. The minimum absolute atomic E-state index is 0.162. The Labute approximate surface area is 111 Å². The van der Waals surface area contributed by atoms with Gasteiger partial charge in [0.15, 0.2) is 0 Å². The molecular weight excluding hydrogens is 242 g/mol. The monoisotopic (exact) mass is 257 g/mol. The fourth-order valence-electron chi connectivity index (χ4n) is 1.72. The van der Waals surface area contributed by atoms with E-state index in [-0.39, 0.29) is 17.7 Å². The third kappa shape index (κ3) is 3.07. The Balaban J connectivity index is 2.11. The Hall–Kier alpha value is -2.43. The number of rotatable bonds is 3. The van der Waals surface area contributed by atoms with Crippen LogP contribution < -0.4 is 5.32 Å². The van der Waals surface area contributed by atoms with Gasteiger partial charge in [-0.25, -0.2) is 9.97 Å². The number of phenolic OH excluding ortho intramolecular Hbond substituents is 1. The van der Waals surface area contributed by atoms with E-state index in [4.69, 9.17) is 0 Å². The zero-order valence-corrected chi connectivity index (χ0v) is 10.8. The molecule has 0 fully saturated rings. The molecule has 98 valence electrons. The number of hydrogen-bond donors (Lipinski definition) is 2. The van der Waals surface area contributed by atoms with Crippen molar-refractivity contribution in [2.24, 2.45) is 0 Å². The predicted octanol–water partition coefficient (Wildman–Crippen LogP) is 1.98. The van der Waals surface area contributed by atoms with Crippen LogP contribution in [0.2, 0.25) is 0 Å². The lowest BCUT2D eigenvalue weighted by Gasteiger charge is -2.15. The van der Waals surface area contributed by atoms with Gasteiger partial charge in [-0.3, -0.25) is 4.79 Å². The Morgan fingerprint density at radius 1 is 1.26 bits per heavy atom. The summed E-state index contributed by atoms with van der Waals surface area (Å²) < 4.78 is 0. The fourth-order valence-corrected chi connectivity index (χ4v) is 1.72. The average molecular weight is 257 g/mol. The van der Waals surface area contributed by atoms with Crippen molar-refractivity contribution in [2.75, 3.05) is 0 Å². The molecule has 1 aromatic carbocycles. The van der Waals surface area contributed by atoms with Crippen molar-refractivity contribution in [3.8, 4) is 5.75 Å². The molecule has 0 bridgehead atoms. The summed E-state index contributed by atoms with van der Waals surface area (Å²) in [5.74, 6) is 0.511. The number of aromatic nitrogens is 2. The number of hydrogen-bond acceptors (Lipinski definition) is 4. The van der Waals surface area contributed by atoms with Crippen LogP contribution in [0.4, 0.5) is 0 Å². The summed E-state index contributed by atoms with van der Waals surface area (Å²) >= 11 is 0. The van der Waals surface area contributed by atoms with Crippen LogP contribution in [0.3, 0.4) is 0 Å². The highest BCUT2D eigenvalue weighted by Crippen LogP contribution is 2.23. The van der Waals surface area contributed by atoms with Gasteiger partial charge in [0, 0.05) is 18.0 Å². The summed E-state index contributed by atoms with van der Waals surface area (Å²) in [6.07, 6.45) is 2.96. The lowest BCUT2D eigenvalue weighted by Crippen LogP contribution is -2.27. The first-order valence-corrected chi connectivity index (χ1v) is 5.95. The van der Waals surface area contributed by atoms with Gasteiger partial charge in [0.1, 0.15) is 11.6 Å². The summed E-state index contributed by atoms with van der Waals surface area (Å²) in [6, 6.07) is 6.61. The van der Waals surface area contributed by atoms with E-state index in [0.29, 0.717) is 17.0 Å². The van der Waals surface area contributed by atoms with Gasteiger partial charge in [0.25, 0.3) is 5.91 Å². The van der Waals surface area contributed by atoms with Gasteiger partial charge in [0.05, 0.1) is 11.6 Å². The van der Waals surface area contributed by atoms with Crippen molar-refractivity contribution in [1.82, 2.24) is 15.3 Å². The quantitative estimate of drug-likeness (QED) is 0.881. The zero-order valence-electron chi connectivity index (χ0n) is 10.8. The van der Waals surface area contributed by atoms with Crippen LogP contribution in [0, 0.1) is 6.92 Å². The molecule has 0 aliphatic heterocycles. The fraction of sp³-hybridized carbons (Fsp3) is 0.214. The van der Waals surface area contributed by atoms with Crippen molar-refractivity contribution in [2.45, 2.75) is 19.9 Å². The summed E-state index contributed by atoms with van der Waals surface area (Å²) in [7, 11) is 0. The Bertz CT molecular complexity index is 581. The Kier molecular flexibility index (Phi) is 3.75. The van der Waals surface area contributed by atoms with Gasteiger partial charge in [0.2, 0.25) is 0 Å². The molecule has 5 nitrogen and oxygen atoms in total. The highest BCUT2D eigenvalue weighted by atomic mass is 16.3. The second kappa shape index (κ2) is 5.48. The molecule has 0 radical (unpaired) electrons. The number of nitrogens with zero attached hydrogens (tertiary/aromatic N) is 2. The molecule has 0 saturated carbocycles. The second-order valence-electron chi connectivity index (χ2n) is 4.27. The maximum absolute atomic E-state index is 12.0. The Morgan fingerprint density at radius 2 is 1.89 bits per heavy atom. The first-order chi connectivity index (χ1) is 9.08. The van der Waals surface area contributed by atoms with E-state index in [1.54, 1.807) is 25.1 Å². The normalized spacial score (nSPS) is 11.9. The van der Waals surface area contributed by atoms with Gasteiger partial charge in [-0.1, -0.05) is 18.2 Å². The van der Waals surface area contributed by atoms with Crippen molar-refractivity contribution >= 4 is 5.91 Å². The van der Waals surface area contributed by atoms with Gasteiger partial charge in [-0.05, 0) is 19.9 Å². The van der Waals surface area contributed by atoms with Crippen LogP contribution in [-0.2, 0) is 0 Å². The van der Waals surface area contributed by atoms with Gasteiger partial charge < -0.3 is 10.4 Å². The van der Waals surface area contributed by atoms with E-state index >= 15 is 0 Å². The topological polar surface area (TPSA) is 75.1 Å². The van der Waals surface area contributed by atoms with Crippen LogP contribution >= 0.6 is 0 Å². The number of aryl methyl sites for hydroxylation is 1. The van der Waals surface area contributed by atoms with Gasteiger partial charge >= 0.3 is 0 Å². The average Bonchev–Trinajstić information content (AvgIpc) is 2.39. The maximum Gasteiger partial charge on any atom is 0.254 e. The molecular formula is C14H15N3O2. The number of phenols is 1. The molecule has 1 heterocycles. The predicted molar refractivity (Wildman–Crippen MR) is 70.8 cm³/mol. The van der Waals surface area contributed by atoms with E-state index in [1.165, 1.54) is 12.4 Å². The summed E-state index contributed by atoms with van der Waals surface area (Å²) in [5, 5.41) is 12.5. The SMILES string of the molecule is Cc1ncc(C(=O)NC(C)c2ccccc2O)cn1. The largest absolute Gasteiger partial charge is 0.508 e. The number of carbonyl (C=O) groups excluding carboxylic acids is 1. The van der Waals surface area contributed by atoms with Crippen molar-refractivity contribution in [3.63, 3.8) is 0 Å². The summed E-state index contributed by atoms with van der Waals surface area (Å²) in [4.78, 5) is 19.9. The molecule has 19 heavy (non-hydrogen) atoms. The lowest BCUT2D eigenvalue weighted by molar-refractivity contribution is 0.0939. The van der Waals surface area contributed by atoms with Crippen LogP contribution in [0.1, 0.15) is 34.7 Å². The third-order valence-electron chi connectivity index (χ3n) is 2.79. The minimum atomic E-state index is -0.296. The molecule has 0 aliphatic carbocycles. The molecule has 5 heteroatoms. The molecule has 1 unspecified atom stereocenters. The molecule has 0 aliphatic rings. The molecule has 2 rings (SSSR count). The first-order valence-electron chi connectivity index (χ1n) is 5.95. The van der Waals surface area contributed by atoms with Crippen LogP contribution in [0.5, 0.6) is 5.75 Å². The molecule has 1 atom stereocenters. The number of para-hydroxylation sites is 1. The molecule has 1 amide bonds. The van der Waals surface area contributed by atoms with Crippen molar-refractivity contribution < 1.29 is 9.90 Å². The molecule has 0 saturated heterocycles. The van der Waals surface area contributed by atoms with Crippen molar-refractivity contribution in [1.29, 1.82) is 0 Å². The lowest BCUT2D eigenvalue weighted by atomic mass is 10.1. The number of carbonyl (C=O) groups is 1. The number of nitrogens with one attached hydrogen (secondary N) is 1. The molecule has 1 aromatic heterocycles. The van der Waals surface area contributed by atoms with Crippen molar-refractivity contribution in [3.05, 3.63) is 53.6 Å². The second-order valence-corrected chi connectivity index (χ2v) is 4.27. The van der Waals surface area contributed by atoms with E-state index in [9.17, 15) is 9.90 Å².